The second-order valence-corrected chi connectivity index (χ2v) is 6.88. The first kappa shape index (κ1) is 14.4. The van der Waals surface area contributed by atoms with E-state index in [4.69, 9.17) is 4.74 Å². The van der Waals surface area contributed by atoms with Gasteiger partial charge in [-0.05, 0) is 47.3 Å². The number of aliphatic hydroxyl groups excluding tert-OH is 1. The molecule has 1 aromatic carbocycles. The first-order valence-corrected chi connectivity index (χ1v) is 7.11. The summed E-state index contributed by atoms with van der Waals surface area (Å²) in [5.74, 6) is 1.30. The summed E-state index contributed by atoms with van der Waals surface area (Å²) >= 11 is 0. The van der Waals surface area contributed by atoms with Gasteiger partial charge in [0.2, 0.25) is 0 Å². The van der Waals surface area contributed by atoms with Crippen molar-refractivity contribution < 1.29 is 9.84 Å². The van der Waals surface area contributed by atoms with Gasteiger partial charge >= 0.3 is 0 Å². The molecular formula is C17H26O2. The summed E-state index contributed by atoms with van der Waals surface area (Å²) in [7, 11) is 1.68. The lowest BCUT2D eigenvalue weighted by Gasteiger charge is -2.13. The minimum absolute atomic E-state index is 0.202. The van der Waals surface area contributed by atoms with Crippen LogP contribution >= 0.6 is 0 Å². The summed E-state index contributed by atoms with van der Waals surface area (Å²) in [6, 6.07) is 8.11. The quantitative estimate of drug-likeness (QED) is 0.877. The van der Waals surface area contributed by atoms with Crippen molar-refractivity contribution in [2.24, 2.45) is 16.7 Å². The van der Waals surface area contributed by atoms with Crippen LogP contribution < -0.4 is 4.74 Å². The zero-order chi connectivity index (χ0) is 14.3. The second kappa shape index (κ2) is 4.82. The van der Waals surface area contributed by atoms with Gasteiger partial charge in [-0.15, -0.1) is 0 Å². The fourth-order valence-electron chi connectivity index (χ4n) is 3.48. The van der Waals surface area contributed by atoms with Crippen LogP contribution in [0.15, 0.2) is 24.3 Å². The largest absolute Gasteiger partial charge is 0.497 e. The van der Waals surface area contributed by atoms with Crippen LogP contribution in [0, 0.1) is 16.7 Å². The molecule has 0 amide bonds. The van der Waals surface area contributed by atoms with Crippen molar-refractivity contribution in [1.29, 1.82) is 0 Å². The second-order valence-electron chi connectivity index (χ2n) is 6.88. The Balaban J connectivity index is 1.89. The maximum atomic E-state index is 10.4. The van der Waals surface area contributed by atoms with Crippen LogP contribution in [0.1, 0.15) is 39.7 Å². The van der Waals surface area contributed by atoms with Gasteiger partial charge in [-0.2, -0.15) is 0 Å². The van der Waals surface area contributed by atoms with Gasteiger partial charge in [0.15, 0.2) is 0 Å². The molecule has 1 unspecified atom stereocenters. The van der Waals surface area contributed by atoms with Crippen LogP contribution in [-0.4, -0.2) is 18.3 Å². The average Bonchev–Trinajstić information content (AvgIpc) is 2.77. The maximum absolute atomic E-state index is 10.4. The van der Waals surface area contributed by atoms with Crippen LogP contribution in [-0.2, 0) is 6.42 Å². The molecule has 0 saturated heterocycles. The van der Waals surface area contributed by atoms with Crippen molar-refractivity contribution in [1.82, 2.24) is 0 Å². The minimum atomic E-state index is -0.202. The van der Waals surface area contributed by atoms with E-state index in [1.165, 1.54) is 5.56 Å². The molecule has 1 atom stereocenters. The number of methoxy groups -OCH3 is 1. The van der Waals surface area contributed by atoms with E-state index >= 15 is 0 Å². The van der Waals surface area contributed by atoms with Crippen molar-refractivity contribution >= 4 is 0 Å². The van der Waals surface area contributed by atoms with Gasteiger partial charge in [0, 0.05) is 0 Å². The molecule has 0 aliphatic heterocycles. The SMILES string of the molecule is COc1ccc(CCC(O)C2C(C)(C)C2(C)C)cc1. The Morgan fingerprint density at radius 2 is 1.63 bits per heavy atom. The lowest BCUT2D eigenvalue weighted by molar-refractivity contribution is 0.120. The molecule has 106 valence electrons. The van der Waals surface area contributed by atoms with Crippen LogP contribution in [0.3, 0.4) is 0 Å². The van der Waals surface area contributed by atoms with Crippen molar-refractivity contribution in [3.05, 3.63) is 29.8 Å². The van der Waals surface area contributed by atoms with E-state index in [-0.39, 0.29) is 16.9 Å². The fraction of sp³-hybridized carbons (Fsp3) is 0.647. The van der Waals surface area contributed by atoms with Crippen LogP contribution in [0.5, 0.6) is 5.75 Å². The first-order chi connectivity index (χ1) is 8.80. The first-order valence-electron chi connectivity index (χ1n) is 7.11. The monoisotopic (exact) mass is 262 g/mol. The number of benzene rings is 1. The van der Waals surface area contributed by atoms with E-state index in [1.54, 1.807) is 7.11 Å². The molecular weight excluding hydrogens is 236 g/mol. The molecule has 0 bridgehead atoms. The van der Waals surface area contributed by atoms with E-state index < -0.39 is 0 Å². The Morgan fingerprint density at radius 3 is 2.05 bits per heavy atom. The van der Waals surface area contributed by atoms with E-state index in [2.05, 4.69) is 39.8 Å². The van der Waals surface area contributed by atoms with Gasteiger partial charge in [0.1, 0.15) is 5.75 Å². The lowest BCUT2D eigenvalue weighted by Crippen LogP contribution is -2.15. The molecule has 19 heavy (non-hydrogen) atoms. The summed E-state index contributed by atoms with van der Waals surface area (Å²) in [6.45, 7) is 9.03. The zero-order valence-electron chi connectivity index (χ0n) is 12.7. The molecule has 1 aromatic rings. The Kier molecular flexibility index (Phi) is 3.65. The third-order valence-electron chi connectivity index (χ3n) is 5.40. The van der Waals surface area contributed by atoms with Crippen molar-refractivity contribution in [2.75, 3.05) is 7.11 Å². The minimum Gasteiger partial charge on any atom is -0.497 e. The van der Waals surface area contributed by atoms with Gasteiger partial charge in [0.05, 0.1) is 13.2 Å². The summed E-state index contributed by atoms with van der Waals surface area (Å²) < 4.78 is 5.15. The maximum Gasteiger partial charge on any atom is 0.118 e. The van der Waals surface area contributed by atoms with Crippen molar-refractivity contribution in [2.45, 2.75) is 46.6 Å². The number of rotatable bonds is 5. The van der Waals surface area contributed by atoms with Gasteiger partial charge in [-0.1, -0.05) is 39.8 Å². The highest BCUT2D eigenvalue weighted by molar-refractivity contribution is 5.27. The standard InChI is InChI=1S/C17H26O2/c1-16(2)15(17(16,3)4)14(18)11-8-12-6-9-13(19-5)10-7-12/h6-7,9-10,14-15,18H,8,11H2,1-5H3. The number of aliphatic hydroxyl groups is 1. The number of ether oxygens (including phenoxy) is 1. The van der Waals surface area contributed by atoms with E-state index in [9.17, 15) is 5.11 Å². The van der Waals surface area contributed by atoms with Gasteiger partial charge in [-0.3, -0.25) is 0 Å². The summed E-state index contributed by atoms with van der Waals surface area (Å²) in [5, 5.41) is 10.4. The highest BCUT2D eigenvalue weighted by atomic mass is 16.5. The molecule has 1 N–H and O–H groups in total. The van der Waals surface area contributed by atoms with E-state index in [1.807, 2.05) is 12.1 Å². The Labute approximate surface area is 116 Å². The molecule has 1 fully saturated rings. The van der Waals surface area contributed by atoms with Crippen LogP contribution in [0.4, 0.5) is 0 Å². The van der Waals surface area contributed by atoms with Crippen LogP contribution in [0.2, 0.25) is 0 Å². The normalized spacial score (nSPS) is 22.0. The zero-order valence-corrected chi connectivity index (χ0v) is 12.7. The molecule has 0 radical (unpaired) electrons. The summed E-state index contributed by atoms with van der Waals surface area (Å²) in [4.78, 5) is 0. The molecule has 0 heterocycles. The Morgan fingerprint density at radius 1 is 1.11 bits per heavy atom. The van der Waals surface area contributed by atoms with E-state index in [0.29, 0.717) is 5.92 Å². The van der Waals surface area contributed by atoms with Crippen molar-refractivity contribution in [3.8, 4) is 5.75 Å². The lowest BCUT2D eigenvalue weighted by atomic mass is 9.99. The summed E-state index contributed by atoms with van der Waals surface area (Å²) in [6.07, 6.45) is 1.56. The Hall–Kier alpha value is -1.02. The van der Waals surface area contributed by atoms with Gasteiger partial charge < -0.3 is 9.84 Å². The third kappa shape index (κ3) is 2.51. The molecule has 2 nitrogen and oxygen atoms in total. The summed E-state index contributed by atoms with van der Waals surface area (Å²) in [5.41, 5.74) is 1.77. The molecule has 1 aliphatic carbocycles. The molecule has 2 heteroatoms. The molecule has 0 aromatic heterocycles. The predicted octanol–water partition coefficient (Wildman–Crippen LogP) is 3.67. The number of hydrogen-bond donors (Lipinski definition) is 1. The number of hydrogen-bond acceptors (Lipinski definition) is 2. The third-order valence-corrected chi connectivity index (χ3v) is 5.40. The van der Waals surface area contributed by atoms with Crippen LogP contribution in [0.25, 0.3) is 0 Å². The topological polar surface area (TPSA) is 29.5 Å². The van der Waals surface area contributed by atoms with E-state index in [0.717, 1.165) is 18.6 Å². The van der Waals surface area contributed by atoms with Gasteiger partial charge in [-0.25, -0.2) is 0 Å². The molecule has 0 spiro atoms. The highest BCUT2D eigenvalue weighted by Gasteiger charge is 2.66. The number of aryl methyl sites for hydroxylation is 1. The average molecular weight is 262 g/mol. The highest BCUT2D eigenvalue weighted by Crippen LogP contribution is 2.69. The predicted molar refractivity (Wildman–Crippen MR) is 78.4 cm³/mol. The fourth-order valence-corrected chi connectivity index (χ4v) is 3.48. The van der Waals surface area contributed by atoms with Gasteiger partial charge in [0.25, 0.3) is 0 Å². The molecule has 2 rings (SSSR count). The Bertz CT molecular complexity index is 417. The van der Waals surface area contributed by atoms with Crippen molar-refractivity contribution in [3.63, 3.8) is 0 Å². The smallest absolute Gasteiger partial charge is 0.118 e. The molecule has 1 aliphatic rings. The molecule has 1 saturated carbocycles.